The number of likely N-dealkylation sites (tertiary alicyclic amines) is 1. The van der Waals surface area contributed by atoms with E-state index >= 15 is 0 Å². The van der Waals surface area contributed by atoms with E-state index in [0.29, 0.717) is 5.46 Å². The summed E-state index contributed by atoms with van der Waals surface area (Å²) < 4.78 is 61.3. The van der Waals surface area contributed by atoms with Gasteiger partial charge in [0, 0.05) is 36.4 Å². The average Bonchev–Trinajstić information content (AvgIpc) is 3.13. The van der Waals surface area contributed by atoms with E-state index in [0.717, 1.165) is 9.58 Å². The highest BCUT2D eigenvalue weighted by Crippen LogP contribution is 2.36. The van der Waals surface area contributed by atoms with Crippen molar-refractivity contribution in [3.8, 4) is 0 Å². The van der Waals surface area contributed by atoms with Crippen molar-refractivity contribution in [1.82, 2.24) is 14.7 Å². The summed E-state index contributed by atoms with van der Waals surface area (Å²) in [5.74, 6) is 0. The fourth-order valence-corrected chi connectivity index (χ4v) is 2.64. The minimum Gasteiger partial charge on any atom is -0.444 e. The van der Waals surface area contributed by atoms with Gasteiger partial charge in [-0.25, -0.2) is 4.79 Å². The van der Waals surface area contributed by atoms with Crippen molar-refractivity contribution >= 4 is 18.7 Å². The number of hydrogen-bond donors (Lipinski definition) is 0. The van der Waals surface area contributed by atoms with Crippen LogP contribution in [0.25, 0.3) is 0 Å². The molecule has 0 unspecified atom stereocenters. The van der Waals surface area contributed by atoms with Crippen LogP contribution in [0.15, 0.2) is 12.4 Å². The maximum Gasteiger partial charge on any atom is 0.498 e. The second-order valence-corrected chi connectivity index (χ2v) is 8.85. The fourth-order valence-electron chi connectivity index (χ4n) is 2.64. The van der Waals surface area contributed by atoms with Crippen molar-refractivity contribution in [3.05, 3.63) is 12.4 Å². The van der Waals surface area contributed by atoms with E-state index in [1.807, 2.05) is 27.7 Å². The summed E-state index contributed by atoms with van der Waals surface area (Å²) in [4.78, 5) is 13.5. The average molecular weight is 382 g/mol. The Morgan fingerprint density at radius 3 is 2.37 bits per heavy atom. The van der Waals surface area contributed by atoms with Crippen LogP contribution < -0.4 is 5.46 Å². The van der Waals surface area contributed by atoms with Gasteiger partial charge in [0.05, 0.1) is 18.6 Å². The standard InChI is InChI=1S/C19H32BN3O4/c1-17(2,3)25-16(24)22-10-8-15(9-11-22)23-13-14(12-21-23)20-26-18(4,5)19(6,7)27-20/h12-13,15H,8-11H2,1-7H3/i8D2,9D2,15D. The molecule has 2 fully saturated rings. The van der Waals surface area contributed by atoms with Gasteiger partial charge in [0.25, 0.3) is 0 Å². The van der Waals surface area contributed by atoms with Crippen molar-refractivity contribution in [1.29, 1.82) is 0 Å². The van der Waals surface area contributed by atoms with Gasteiger partial charge in [0.2, 0.25) is 0 Å². The van der Waals surface area contributed by atoms with Crippen LogP contribution >= 0.6 is 0 Å². The fraction of sp³-hybridized carbons (Fsp3) is 0.789. The molecule has 150 valence electrons. The molecule has 8 heteroatoms. The van der Waals surface area contributed by atoms with Gasteiger partial charge in [-0.05, 0) is 61.2 Å². The number of carbonyl (C=O) groups is 1. The Morgan fingerprint density at radius 1 is 1.30 bits per heavy atom. The van der Waals surface area contributed by atoms with E-state index in [2.05, 4.69) is 5.10 Å². The second-order valence-electron chi connectivity index (χ2n) is 8.85. The van der Waals surface area contributed by atoms with Crippen molar-refractivity contribution in [3.63, 3.8) is 0 Å². The number of aromatic nitrogens is 2. The smallest absolute Gasteiger partial charge is 0.444 e. The number of amides is 1. The van der Waals surface area contributed by atoms with E-state index in [4.69, 9.17) is 20.9 Å². The highest BCUT2D eigenvalue weighted by Gasteiger charge is 2.52. The zero-order chi connectivity index (χ0) is 24.5. The lowest BCUT2D eigenvalue weighted by Gasteiger charge is -2.33. The predicted octanol–water partition coefficient (Wildman–Crippen LogP) is 2.75. The molecule has 3 heterocycles. The molecule has 2 aliphatic rings. The van der Waals surface area contributed by atoms with Crippen LogP contribution in [0.2, 0.25) is 0 Å². The van der Waals surface area contributed by atoms with Gasteiger partial charge in [-0.3, -0.25) is 4.68 Å². The van der Waals surface area contributed by atoms with E-state index in [1.165, 1.54) is 12.4 Å². The van der Waals surface area contributed by atoms with Crippen LogP contribution in [0.4, 0.5) is 4.79 Å². The maximum atomic E-state index is 12.5. The first-order valence-corrected chi connectivity index (χ1v) is 9.11. The lowest BCUT2D eigenvalue weighted by molar-refractivity contribution is 0.00578. The number of hydrogen-bond acceptors (Lipinski definition) is 5. The van der Waals surface area contributed by atoms with Crippen molar-refractivity contribution in [2.75, 3.05) is 13.1 Å². The third-order valence-electron chi connectivity index (χ3n) is 4.88. The Balaban J connectivity index is 1.91. The third kappa shape index (κ3) is 4.32. The van der Waals surface area contributed by atoms with Gasteiger partial charge < -0.3 is 18.9 Å². The monoisotopic (exact) mass is 382 g/mol. The van der Waals surface area contributed by atoms with Gasteiger partial charge in [0.15, 0.2) is 0 Å². The van der Waals surface area contributed by atoms with Gasteiger partial charge in [0.1, 0.15) is 5.60 Å². The molecular weight excluding hydrogens is 345 g/mol. The normalized spacial score (nSPS) is 30.6. The van der Waals surface area contributed by atoms with Gasteiger partial charge in [-0.15, -0.1) is 0 Å². The molecular formula is C19H32BN3O4. The van der Waals surface area contributed by atoms with Crippen LogP contribution in [-0.4, -0.2) is 57.8 Å². The summed E-state index contributed by atoms with van der Waals surface area (Å²) >= 11 is 0. The lowest BCUT2D eigenvalue weighted by atomic mass is 9.82. The van der Waals surface area contributed by atoms with Crippen LogP contribution in [0.3, 0.4) is 0 Å². The topological polar surface area (TPSA) is 65.8 Å². The minimum absolute atomic E-state index is 0.455. The summed E-state index contributed by atoms with van der Waals surface area (Å²) in [6.07, 6.45) is -3.01. The predicted molar refractivity (Wildman–Crippen MR) is 104 cm³/mol. The van der Waals surface area contributed by atoms with Crippen LogP contribution in [0.1, 0.15) is 74.1 Å². The zero-order valence-corrected chi connectivity index (χ0v) is 17.1. The lowest BCUT2D eigenvalue weighted by Crippen LogP contribution is -2.42. The van der Waals surface area contributed by atoms with Crippen LogP contribution in [0, 0.1) is 0 Å². The Bertz CT molecular complexity index is 866. The van der Waals surface area contributed by atoms with Crippen LogP contribution in [-0.2, 0) is 14.0 Å². The highest BCUT2D eigenvalue weighted by atomic mass is 16.7. The molecule has 1 amide bonds. The number of nitrogens with zero attached hydrogens (tertiary/aromatic N) is 3. The summed E-state index contributed by atoms with van der Waals surface area (Å²) in [5.41, 5.74) is -1.55. The Labute approximate surface area is 169 Å². The molecule has 0 radical (unpaired) electrons. The quantitative estimate of drug-likeness (QED) is 0.736. The van der Waals surface area contributed by atoms with E-state index in [1.54, 1.807) is 20.8 Å². The summed E-state index contributed by atoms with van der Waals surface area (Å²) in [5, 5.41) is 4.13. The first-order valence-electron chi connectivity index (χ1n) is 11.6. The molecule has 0 spiro atoms. The molecule has 2 aliphatic heterocycles. The molecule has 7 nitrogen and oxygen atoms in total. The molecule has 1 aromatic rings. The SMILES string of the molecule is [2H]C1([2H])CN(C(=O)OC(C)(C)C)CC([2H])([2H])C1([2H])n1cc(B2OC(C)(C)C(C)(C)O2)cn1. The largest absolute Gasteiger partial charge is 0.498 e. The van der Waals surface area contributed by atoms with Gasteiger partial charge >= 0.3 is 13.2 Å². The number of piperidine rings is 1. The molecule has 0 saturated carbocycles. The van der Waals surface area contributed by atoms with Crippen molar-refractivity contribution in [2.45, 2.75) is 84.0 Å². The Morgan fingerprint density at radius 2 is 1.85 bits per heavy atom. The zero-order valence-electron chi connectivity index (χ0n) is 22.1. The molecule has 0 bridgehead atoms. The van der Waals surface area contributed by atoms with E-state index < -0.39 is 61.9 Å². The van der Waals surface area contributed by atoms with Crippen LogP contribution in [0.5, 0.6) is 0 Å². The first kappa shape index (κ1) is 14.5. The summed E-state index contributed by atoms with van der Waals surface area (Å²) in [7, 11) is -0.782. The van der Waals surface area contributed by atoms with E-state index in [-0.39, 0.29) is 0 Å². The molecule has 0 atom stereocenters. The van der Waals surface area contributed by atoms with Crippen molar-refractivity contribution in [2.24, 2.45) is 0 Å². The number of rotatable bonds is 2. The minimum atomic E-state index is -2.48. The molecule has 0 aliphatic carbocycles. The Kier molecular flexibility index (Phi) is 3.65. The third-order valence-corrected chi connectivity index (χ3v) is 4.88. The maximum absolute atomic E-state index is 12.5. The summed E-state index contributed by atoms with van der Waals surface area (Å²) in [6, 6.07) is -2.44. The number of carbonyl (C=O) groups excluding carboxylic acids is 1. The van der Waals surface area contributed by atoms with Gasteiger partial charge in [-0.2, -0.15) is 5.10 Å². The van der Waals surface area contributed by atoms with Crippen molar-refractivity contribution < 1.29 is 25.7 Å². The molecule has 3 rings (SSSR count). The first-order chi connectivity index (χ1) is 14.2. The van der Waals surface area contributed by atoms with E-state index in [9.17, 15) is 4.79 Å². The molecule has 27 heavy (non-hydrogen) atoms. The molecule has 2 saturated heterocycles. The van der Waals surface area contributed by atoms with Gasteiger partial charge in [-0.1, -0.05) is 0 Å². The number of ether oxygens (including phenoxy) is 1. The highest BCUT2D eigenvalue weighted by molar-refractivity contribution is 6.62. The summed E-state index contributed by atoms with van der Waals surface area (Å²) in [6.45, 7) is 11.6. The molecule has 0 aromatic carbocycles. The Hall–Kier alpha value is -1.54. The molecule has 1 aromatic heterocycles. The molecule has 0 N–H and O–H groups in total. The second kappa shape index (κ2) is 6.81.